The third kappa shape index (κ3) is 4.41. The van der Waals surface area contributed by atoms with E-state index in [1.54, 1.807) is 6.92 Å². The summed E-state index contributed by atoms with van der Waals surface area (Å²) in [5.41, 5.74) is 2.54. The van der Waals surface area contributed by atoms with Crippen LogP contribution in [0.25, 0.3) is 0 Å². The number of amides is 1. The molecule has 7 heteroatoms. The van der Waals surface area contributed by atoms with Gasteiger partial charge in [-0.3, -0.25) is 14.5 Å². The molecule has 2 aromatic rings. The summed E-state index contributed by atoms with van der Waals surface area (Å²) < 4.78 is 11.1. The van der Waals surface area contributed by atoms with Crippen molar-refractivity contribution in [1.29, 1.82) is 0 Å². The predicted molar refractivity (Wildman–Crippen MR) is 116 cm³/mol. The van der Waals surface area contributed by atoms with Gasteiger partial charge in [-0.15, -0.1) is 0 Å². The van der Waals surface area contributed by atoms with Crippen molar-refractivity contribution in [2.24, 2.45) is 0 Å². The average molecular weight is 409 g/mol. The Morgan fingerprint density at radius 2 is 1.60 bits per heavy atom. The minimum Gasteiger partial charge on any atom is -0.486 e. The molecule has 0 saturated carbocycles. The van der Waals surface area contributed by atoms with E-state index in [0.717, 1.165) is 37.4 Å². The van der Waals surface area contributed by atoms with Crippen molar-refractivity contribution in [3.8, 4) is 11.5 Å². The van der Waals surface area contributed by atoms with Crippen LogP contribution in [0.2, 0.25) is 0 Å². The van der Waals surface area contributed by atoms with Crippen LogP contribution in [-0.4, -0.2) is 62.0 Å². The summed E-state index contributed by atoms with van der Waals surface area (Å²) in [6, 6.07) is 12.9. The number of carbonyl (C=O) groups is 2. The van der Waals surface area contributed by atoms with Gasteiger partial charge in [0.1, 0.15) is 13.2 Å². The van der Waals surface area contributed by atoms with E-state index in [2.05, 4.69) is 15.1 Å². The molecule has 30 heavy (non-hydrogen) atoms. The van der Waals surface area contributed by atoms with Crippen molar-refractivity contribution in [2.45, 2.75) is 19.9 Å². The summed E-state index contributed by atoms with van der Waals surface area (Å²) in [6.45, 7) is 7.83. The lowest BCUT2D eigenvalue weighted by Crippen LogP contribution is -2.52. The third-order valence-corrected chi connectivity index (χ3v) is 5.69. The SMILES string of the molecule is CC(=O)c1ccc(N2CCN([C@H](C)C(=O)Nc3ccc4c(c3)OCCO4)CC2)cc1. The lowest BCUT2D eigenvalue weighted by atomic mass is 10.1. The van der Waals surface area contributed by atoms with Gasteiger partial charge in [0.15, 0.2) is 17.3 Å². The number of nitrogens with zero attached hydrogens (tertiary/aromatic N) is 2. The lowest BCUT2D eigenvalue weighted by molar-refractivity contribution is -0.120. The summed E-state index contributed by atoms with van der Waals surface area (Å²) in [7, 11) is 0. The normalized spacial score (nSPS) is 17.3. The minimum absolute atomic E-state index is 0.0362. The van der Waals surface area contributed by atoms with E-state index in [4.69, 9.17) is 9.47 Å². The first-order valence-corrected chi connectivity index (χ1v) is 10.3. The highest BCUT2D eigenvalue weighted by Crippen LogP contribution is 2.32. The molecule has 1 N–H and O–H groups in total. The predicted octanol–water partition coefficient (Wildman–Crippen LogP) is 2.81. The van der Waals surface area contributed by atoms with Gasteiger partial charge in [0.2, 0.25) is 5.91 Å². The van der Waals surface area contributed by atoms with Crippen LogP contribution in [-0.2, 0) is 4.79 Å². The number of Topliss-reactive ketones (excluding diaryl/α,β-unsaturated/α-hetero) is 1. The second-order valence-corrected chi connectivity index (χ2v) is 7.65. The van der Waals surface area contributed by atoms with Crippen LogP contribution < -0.4 is 19.7 Å². The van der Waals surface area contributed by atoms with Gasteiger partial charge in [0, 0.05) is 49.2 Å². The van der Waals surface area contributed by atoms with E-state index in [-0.39, 0.29) is 17.7 Å². The second kappa shape index (κ2) is 8.75. The molecule has 158 valence electrons. The molecule has 0 aliphatic carbocycles. The fourth-order valence-electron chi connectivity index (χ4n) is 3.81. The quantitative estimate of drug-likeness (QED) is 0.766. The largest absolute Gasteiger partial charge is 0.486 e. The summed E-state index contributed by atoms with van der Waals surface area (Å²) in [5, 5.41) is 2.99. The first kappa shape index (κ1) is 20.2. The smallest absolute Gasteiger partial charge is 0.241 e. The van der Waals surface area contributed by atoms with E-state index in [1.807, 2.05) is 49.4 Å². The zero-order valence-electron chi connectivity index (χ0n) is 17.4. The summed E-state index contributed by atoms with van der Waals surface area (Å²) >= 11 is 0. The standard InChI is InChI=1S/C23H27N3O4/c1-16(23(28)24-19-5-8-21-22(15-19)30-14-13-29-21)25-9-11-26(12-10-25)20-6-3-18(4-7-20)17(2)27/h3-8,15-16H,9-14H2,1-2H3,(H,24,28)/t16-/m1/s1. The first-order valence-electron chi connectivity index (χ1n) is 10.3. The Balaban J connectivity index is 1.32. The lowest BCUT2D eigenvalue weighted by Gasteiger charge is -2.38. The van der Waals surface area contributed by atoms with Crippen LogP contribution in [0.15, 0.2) is 42.5 Å². The molecular formula is C23H27N3O4. The second-order valence-electron chi connectivity index (χ2n) is 7.65. The van der Waals surface area contributed by atoms with Crippen LogP contribution in [0, 0.1) is 0 Å². The maximum atomic E-state index is 12.8. The molecule has 2 heterocycles. The first-order chi connectivity index (χ1) is 14.5. The van der Waals surface area contributed by atoms with Crippen LogP contribution >= 0.6 is 0 Å². The zero-order valence-corrected chi connectivity index (χ0v) is 17.4. The van der Waals surface area contributed by atoms with Crippen LogP contribution in [0.1, 0.15) is 24.2 Å². The van der Waals surface area contributed by atoms with Gasteiger partial charge in [-0.2, -0.15) is 0 Å². The Morgan fingerprint density at radius 3 is 2.27 bits per heavy atom. The number of piperazine rings is 1. The van der Waals surface area contributed by atoms with Gasteiger partial charge in [-0.1, -0.05) is 0 Å². The number of rotatable bonds is 5. The van der Waals surface area contributed by atoms with Gasteiger partial charge < -0.3 is 19.7 Å². The van der Waals surface area contributed by atoms with Gasteiger partial charge in [0.05, 0.1) is 6.04 Å². The molecule has 0 radical (unpaired) electrons. The van der Waals surface area contributed by atoms with Crippen molar-refractivity contribution < 1.29 is 19.1 Å². The molecular weight excluding hydrogens is 382 g/mol. The van der Waals surface area contributed by atoms with Crippen molar-refractivity contribution in [2.75, 3.05) is 49.6 Å². The minimum atomic E-state index is -0.236. The number of nitrogens with one attached hydrogen (secondary N) is 1. The Hall–Kier alpha value is -3.06. The molecule has 4 rings (SSSR count). The molecule has 7 nitrogen and oxygen atoms in total. The molecule has 1 fully saturated rings. The number of anilines is 2. The van der Waals surface area contributed by atoms with Crippen molar-refractivity contribution in [1.82, 2.24) is 4.90 Å². The van der Waals surface area contributed by atoms with Gasteiger partial charge in [-0.25, -0.2) is 0 Å². The fourth-order valence-corrected chi connectivity index (χ4v) is 3.81. The Kier molecular flexibility index (Phi) is 5.90. The maximum absolute atomic E-state index is 12.8. The number of ether oxygens (including phenoxy) is 2. The van der Waals surface area contributed by atoms with Crippen LogP contribution in [0.3, 0.4) is 0 Å². The van der Waals surface area contributed by atoms with Crippen molar-refractivity contribution in [3.63, 3.8) is 0 Å². The maximum Gasteiger partial charge on any atom is 0.241 e. The van der Waals surface area contributed by atoms with Crippen LogP contribution in [0.5, 0.6) is 11.5 Å². The average Bonchev–Trinajstić information content (AvgIpc) is 2.78. The molecule has 2 aliphatic rings. The molecule has 1 amide bonds. The van der Waals surface area contributed by atoms with E-state index in [0.29, 0.717) is 30.4 Å². The molecule has 1 saturated heterocycles. The molecule has 0 aromatic heterocycles. The molecule has 2 aliphatic heterocycles. The number of hydrogen-bond acceptors (Lipinski definition) is 6. The molecule has 2 aromatic carbocycles. The Morgan fingerprint density at radius 1 is 0.933 bits per heavy atom. The molecule has 0 bridgehead atoms. The number of ketones is 1. The topological polar surface area (TPSA) is 71.1 Å². The summed E-state index contributed by atoms with van der Waals surface area (Å²) in [6.07, 6.45) is 0. The Labute approximate surface area is 176 Å². The number of fused-ring (bicyclic) bond motifs is 1. The Bertz CT molecular complexity index is 921. The van der Waals surface area contributed by atoms with Gasteiger partial charge in [-0.05, 0) is 50.2 Å². The zero-order chi connectivity index (χ0) is 21.1. The van der Waals surface area contributed by atoms with Gasteiger partial charge >= 0.3 is 0 Å². The summed E-state index contributed by atoms with van der Waals surface area (Å²) in [4.78, 5) is 28.7. The number of benzene rings is 2. The third-order valence-electron chi connectivity index (χ3n) is 5.69. The molecule has 0 spiro atoms. The number of carbonyl (C=O) groups excluding carboxylic acids is 2. The molecule has 0 unspecified atom stereocenters. The fraction of sp³-hybridized carbons (Fsp3) is 0.391. The monoisotopic (exact) mass is 409 g/mol. The highest BCUT2D eigenvalue weighted by Gasteiger charge is 2.26. The van der Waals surface area contributed by atoms with E-state index in [9.17, 15) is 9.59 Å². The van der Waals surface area contributed by atoms with Crippen molar-refractivity contribution in [3.05, 3.63) is 48.0 Å². The highest BCUT2D eigenvalue weighted by molar-refractivity contribution is 5.95. The van der Waals surface area contributed by atoms with Gasteiger partial charge in [0.25, 0.3) is 0 Å². The summed E-state index contributed by atoms with van der Waals surface area (Å²) in [5.74, 6) is 1.41. The highest BCUT2D eigenvalue weighted by atomic mass is 16.6. The van der Waals surface area contributed by atoms with E-state index >= 15 is 0 Å². The molecule has 1 atom stereocenters. The number of hydrogen-bond donors (Lipinski definition) is 1. The van der Waals surface area contributed by atoms with Crippen LogP contribution in [0.4, 0.5) is 11.4 Å². The van der Waals surface area contributed by atoms with E-state index in [1.165, 1.54) is 0 Å². The van der Waals surface area contributed by atoms with E-state index < -0.39 is 0 Å². The van der Waals surface area contributed by atoms with Crippen molar-refractivity contribution >= 4 is 23.1 Å².